The van der Waals surface area contributed by atoms with E-state index in [1.54, 1.807) is 0 Å². The van der Waals surface area contributed by atoms with E-state index < -0.39 is 15.4 Å². The molecular formula is C17H33N2O3S+. The molecule has 0 radical (unpaired) electrons. The number of sulfonamides is 1. The Morgan fingerprint density at radius 2 is 1.91 bits per heavy atom. The molecule has 0 saturated heterocycles. The molecule has 134 valence electrons. The Morgan fingerprint density at radius 1 is 1.30 bits per heavy atom. The summed E-state index contributed by atoms with van der Waals surface area (Å²) in [7, 11) is 0.664. The van der Waals surface area contributed by atoms with Crippen LogP contribution in [0.2, 0.25) is 0 Å². The molecule has 0 amide bonds. The Balaban J connectivity index is 2.08. The second-order valence-corrected chi connectivity index (χ2v) is 11.1. The Morgan fingerprint density at radius 3 is 2.35 bits per heavy atom. The van der Waals surface area contributed by atoms with Crippen molar-refractivity contribution in [3.8, 4) is 0 Å². The van der Waals surface area contributed by atoms with E-state index in [-0.39, 0.29) is 22.4 Å². The van der Waals surface area contributed by atoms with Crippen LogP contribution in [0.25, 0.3) is 0 Å². The Bertz CT molecular complexity index is 581. The van der Waals surface area contributed by atoms with Crippen LogP contribution in [-0.2, 0) is 14.8 Å². The van der Waals surface area contributed by atoms with E-state index in [9.17, 15) is 13.2 Å². The number of Topliss-reactive ketones (excluding diaryl/α,β-unsaturated/α-hetero) is 1. The molecule has 0 unspecified atom stereocenters. The molecule has 0 spiro atoms. The minimum Gasteiger partial charge on any atom is -0.339 e. The topological polar surface area (TPSA) is 67.7 Å². The third kappa shape index (κ3) is 3.49. The number of hydrogen-bond acceptors (Lipinski definition) is 3. The Kier molecular flexibility index (Phi) is 4.77. The second-order valence-electron chi connectivity index (χ2n) is 9.29. The molecule has 2 fully saturated rings. The lowest BCUT2D eigenvalue weighted by atomic mass is 9.70. The van der Waals surface area contributed by atoms with Crippen molar-refractivity contribution in [1.82, 2.24) is 4.72 Å². The van der Waals surface area contributed by atoms with E-state index in [0.717, 1.165) is 19.4 Å². The predicted molar refractivity (Wildman–Crippen MR) is 91.8 cm³/mol. The van der Waals surface area contributed by atoms with Crippen molar-refractivity contribution in [3.05, 3.63) is 0 Å². The van der Waals surface area contributed by atoms with Crippen molar-refractivity contribution >= 4 is 15.8 Å². The summed E-state index contributed by atoms with van der Waals surface area (Å²) in [5, 5.41) is 0. The van der Waals surface area contributed by atoms with Gasteiger partial charge in [0.1, 0.15) is 5.78 Å². The lowest BCUT2D eigenvalue weighted by molar-refractivity contribution is -0.865. The number of ketones is 1. The largest absolute Gasteiger partial charge is 0.339 e. The van der Waals surface area contributed by atoms with Gasteiger partial charge >= 0.3 is 0 Å². The van der Waals surface area contributed by atoms with Crippen LogP contribution >= 0.6 is 0 Å². The molecule has 2 rings (SSSR count). The molecule has 2 bridgehead atoms. The molecule has 2 aliphatic carbocycles. The number of carbonyl (C=O) groups excluding carboxylic acids is 1. The fourth-order valence-electron chi connectivity index (χ4n) is 4.81. The van der Waals surface area contributed by atoms with Crippen molar-refractivity contribution in [2.45, 2.75) is 47.0 Å². The first-order valence-corrected chi connectivity index (χ1v) is 10.3. The molecule has 0 aromatic carbocycles. The maximum absolute atomic E-state index is 12.7. The van der Waals surface area contributed by atoms with Gasteiger partial charge in [0.05, 0.1) is 26.4 Å². The zero-order valence-corrected chi connectivity index (χ0v) is 16.3. The van der Waals surface area contributed by atoms with Crippen LogP contribution < -0.4 is 9.62 Å². The summed E-state index contributed by atoms with van der Waals surface area (Å²) < 4.78 is 28.1. The Hall–Kier alpha value is -0.460. The van der Waals surface area contributed by atoms with Crippen molar-refractivity contribution in [2.75, 3.05) is 32.9 Å². The lowest BCUT2D eigenvalue weighted by Gasteiger charge is -2.36. The summed E-state index contributed by atoms with van der Waals surface area (Å²) in [5.41, 5.74) is -1.00. The van der Waals surface area contributed by atoms with Gasteiger partial charge in [0.25, 0.3) is 0 Å². The minimum absolute atomic E-state index is 0.0484. The normalized spacial score (nSPS) is 30.4. The molecule has 2 N–H and O–H groups in total. The van der Waals surface area contributed by atoms with Crippen LogP contribution in [0.5, 0.6) is 0 Å². The van der Waals surface area contributed by atoms with E-state index in [4.69, 9.17) is 0 Å². The summed E-state index contributed by atoms with van der Waals surface area (Å²) in [6.45, 7) is 9.57. The lowest BCUT2D eigenvalue weighted by Crippen LogP contribution is -3.07. The molecule has 0 aliphatic heterocycles. The van der Waals surface area contributed by atoms with Crippen LogP contribution in [0.15, 0.2) is 0 Å². The van der Waals surface area contributed by atoms with Gasteiger partial charge in [-0.2, -0.15) is 0 Å². The van der Waals surface area contributed by atoms with Crippen molar-refractivity contribution in [1.29, 1.82) is 0 Å². The molecule has 2 atom stereocenters. The number of fused-ring (bicyclic) bond motifs is 2. The highest BCUT2D eigenvalue weighted by Gasteiger charge is 2.65. The fourth-order valence-corrected chi connectivity index (χ4v) is 6.85. The standard InChI is InChI=1S/C17H32N2O3S/c1-15(2,11-19(5)6)10-18-23(21,22)12-17-8-7-13(9-14(17)20)16(17,3)4/h13,18H,7-12H2,1-6H3/p+1/t13-,17+/m0/s1. The maximum Gasteiger partial charge on any atom is 0.212 e. The van der Waals surface area contributed by atoms with Crippen molar-refractivity contribution in [2.24, 2.45) is 22.2 Å². The van der Waals surface area contributed by atoms with Gasteiger partial charge in [0, 0.05) is 23.8 Å². The van der Waals surface area contributed by atoms with Gasteiger partial charge in [-0.25, -0.2) is 13.1 Å². The molecule has 2 saturated carbocycles. The minimum atomic E-state index is -3.46. The summed E-state index contributed by atoms with van der Waals surface area (Å²) >= 11 is 0. The molecule has 0 aromatic rings. The molecule has 23 heavy (non-hydrogen) atoms. The third-order valence-corrected chi connectivity index (χ3v) is 7.64. The summed E-state index contributed by atoms with van der Waals surface area (Å²) in [5.74, 6) is 0.452. The quantitative estimate of drug-likeness (QED) is 0.705. The SMILES string of the molecule is C[NH+](C)CC(C)(C)CNS(=O)(=O)C[C@]12CC[C@@H](CC1=O)C2(C)C. The molecule has 6 heteroatoms. The van der Waals surface area contributed by atoms with Gasteiger partial charge in [0.2, 0.25) is 10.0 Å². The highest BCUT2D eigenvalue weighted by atomic mass is 32.2. The monoisotopic (exact) mass is 345 g/mol. The fraction of sp³-hybridized carbons (Fsp3) is 0.941. The first-order chi connectivity index (χ1) is 10.3. The first kappa shape index (κ1) is 18.9. The number of carbonyl (C=O) groups is 1. The zero-order valence-electron chi connectivity index (χ0n) is 15.5. The highest BCUT2D eigenvalue weighted by molar-refractivity contribution is 7.89. The summed E-state index contributed by atoms with van der Waals surface area (Å²) in [6.07, 6.45) is 2.25. The van der Waals surface area contributed by atoms with Gasteiger partial charge in [-0.3, -0.25) is 4.79 Å². The number of hydrogen-bond donors (Lipinski definition) is 2. The van der Waals surface area contributed by atoms with Crippen LogP contribution in [0.1, 0.15) is 47.0 Å². The van der Waals surface area contributed by atoms with Crippen molar-refractivity contribution < 1.29 is 18.1 Å². The second kappa shape index (κ2) is 5.81. The number of quaternary nitrogens is 1. The zero-order chi connectivity index (χ0) is 17.7. The molecule has 5 nitrogen and oxygen atoms in total. The highest BCUT2D eigenvalue weighted by Crippen LogP contribution is 2.64. The van der Waals surface area contributed by atoms with Crippen LogP contribution in [-0.4, -0.2) is 47.1 Å². The molecule has 0 aromatic heterocycles. The predicted octanol–water partition coefficient (Wildman–Crippen LogP) is 0.472. The average molecular weight is 346 g/mol. The summed E-state index contributed by atoms with van der Waals surface area (Å²) in [6, 6.07) is 0. The molecular weight excluding hydrogens is 312 g/mol. The van der Waals surface area contributed by atoms with E-state index in [2.05, 4.69) is 46.5 Å². The van der Waals surface area contributed by atoms with Gasteiger partial charge in [0.15, 0.2) is 0 Å². The van der Waals surface area contributed by atoms with Crippen LogP contribution in [0, 0.1) is 22.2 Å². The van der Waals surface area contributed by atoms with E-state index in [1.807, 2.05) is 0 Å². The van der Waals surface area contributed by atoms with E-state index in [0.29, 0.717) is 18.9 Å². The van der Waals surface area contributed by atoms with Gasteiger partial charge in [-0.05, 0) is 24.2 Å². The molecule has 0 heterocycles. The number of nitrogens with one attached hydrogen (secondary N) is 2. The average Bonchev–Trinajstić information content (AvgIpc) is 2.69. The van der Waals surface area contributed by atoms with E-state index in [1.165, 1.54) is 4.90 Å². The van der Waals surface area contributed by atoms with E-state index >= 15 is 0 Å². The van der Waals surface area contributed by atoms with Gasteiger partial charge in [-0.15, -0.1) is 0 Å². The number of rotatable bonds is 7. The smallest absolute Gasteiger partial charge is 0.212 e. The van der Waals surface area contributed by atoms with Crippen LogP contribution in [0.3, 0.4) is 0 Å². The Labute approximate surface area is 141 Å². The molecule has 2 aliphatic rings. The maximum atomic E-state index is 12.7. The summed E-state index contributed by atoms with van der Waals surface area (Å²) in [4.78, 5) is 13.8. The van der Waals surface area contributed by atoms with Crippen LogP contribution in [0.4, 0.5) is 0 Å². The third-order valence-electron chi connectivity index (χ3n) is 6.18. The van der Waals surface area contributed by atoms with Gasteiger partial charge < -0.3 is 4.90 Å². The van der Waals surface area contributed by atoms with Crippen molar-refractivity contribution in [3.63, 3.8) is 0 Å². The first-order valence-electron chi connectivity index (χ1n) is 8.61. The van der Waals surface area contributed by atoms with Gasteiger partial charge in [-0.1, -0.05) is 27.7 Å².